The molecule has 2 saturated carbocycles. The van der Waals surface area contributed by atoms with E-state index in [1.807, 2.05) is 17.8 Å². The SMILES string of the molecule is CCn1cc(CC(=O)NC2CCC3(CC2)CC3N)cn1. The second-order valence-electron chi connectivity index (χ2n) is 6.40. The standard InChI is InChI=1S/C15H24N4O/c1-2-19-10-11(9-17-19)7-14(20)18-12-3-5-15(6-4-12)8-13(15)16/h9-10,12-13H,2-8,16H2,1H3,(H,18,20). The first-order chi connectivity index (χ1) is 9.61. The molecule has 0 bridgehead atoms. The molecule has 1 spiro atoms. The number of nitrogens with two attached hydrogens (primary N) is 1. The van der Waals surface area contributed by atoms with Crippen molar-refractivity contribution in [3.8, 4) is 0 Å². The topological polar surface area (TPSA) is 72.9 Å². The van der Waals surface area contributed by atoms with Crippen LogP contribution in [0.3, 0.4) is 0 Å². The number of nitrogens with zero attached hydrogens (tertiary/aromatic N) is 2. The maximum absolute atomic E-state index is 12.0. The van der Waals surface area contributed by atoms with Crippen molar-refractivity contribution in [1.82, 2.24) is 15.1 Å². The molecule has 0 aliphatic heterocycles. The van der Waals surface area contributed by atoms with Gasteiger partial charge >= 0.3 is 0 Å². The smallest absolute Gasteiger partial charge is 0.224 e. The van der Waals surface area contributed by atoms with Crippen LogP contribution in [-0.4, -0.2) is 27.8 Å². The Morgan fingerprint density at radius 3 is 2.80 bits per heavy atom. The molecule has 5 nitrogen and oxygen atoms in total. The summed E-state index contributed by atoms with van der Waals surface area (Å²) in [6.45, 7) is 2.88. The largest absolute Gasteiger partial charge is 0.353 e. The molecular formula is C15H24N4O. The summed E-state index contributed by atoms with van der Waals surface area (Å²) in [6.07, 6.45) is 9.84. The number of carbonyl (C=O) groups is 1. The van der Waals surface area contributed by atoms with Crippen molar-refractivity contribution in [2.45, 2.75) is 64.1 Å². The summed E-state index contributed by atoms with van der Waals surface area (Å²) in [4.78, 5) is 12.0. The predicted molar refractivity (Wildman–Crippen MR) is 77.0 cm³/mol. The van der Waals surface area contributed by atoms with E-state index in [4.69, 9.17) is 5.73 Å². The molecule has 1 atom stereocenters. The number of carbonyl (C=O) groups excluding carboxylic acids is 1. The monoisotopic (exact) mass is 276 g/mol. The van der Waals surface area contributed by atoms with E-state index >= 15 is 0 Å². The Bertz CT molecular complexity index is 488. The van der Waals surface area contributed by atoms with Crippen LogP contribution in [0.1, 0.15) is 44.6 Å². The molecule has 1 amide bonds. The Hall–Kier alpha value is -1.36. The lowest BCUT2D eigenvalue weighted by atomic mass is 9.83. The van der Waals surface area contributed by atoms with Crippen molar-refractivity contribution in [3.63, 3.8) is 0 Å². The van der Waals surface area contributed by atoms with Gasteiger partial charge in [-0.3, -0.25) is 9.48 Å². The Morgan fingerprint density at radius 1 is 1.55 bits per heavy atom. The Kier molecular flexibility index (Phi) is 3.54. The molecule has 0 aromatic carbocycles. The quantitative estimate of drug-likeness (QED) is 0.868. The number of hydrogen-bond acceptors (Lipinski definition) is 3. The Balaban J connectivity index is 1.45. The number of amides is 1. The zero-order valence-electron chi connectivity index (χ0n) is 12.1. The van der Waals surface area contributed by atoms with Crippen LogP contribution < -0.4 is 11.1 Å². The normalized spacial score (nSPS) is 32.3. The van der Waals surface area contributed by atoms with Gasteiger partial charge < -0.3 is 11.1 Å². The van der Waals surface area contributed by atoms with Gasteiger partial charge in [-0.25, -0.2) is 0 Å². The molecule has 1 aromatic rings. The summed E-state index contributed by atoms with van der Waals surface area (Å²) in [6, 6.07) is 0.751. The first-order valence-corrected chi connectivity index (χ1v) is 7.67. The molecule has 0 radical (unpaired) electrons. The number of hydrogen-bond donors (Lipinski definition) is 2. The predicted octanol–water partition coefficient (Wildman–Crippen LogP) is 1.22. The van der Waals surface area contributed by atoms with Gasteiger partial charge in [0.15, 0.2) is 0 Å². The minimum atomic E-state index is 0.113. The molecule has 2 aliphatic carbocycles. The molecule has 1 aromatic heterocycles. The van der Waals surface area contributed by atoms with Gasteiger partial charge in [0.1, 0.15) is 0 Å². The third kappa shape index (κ3) is 2.73. The maximum atomic E-state index is 12.0. The van der Waals surface area contributed by atoms with Gasteiger partial charge in [0, 0.05) is 24.8 Å². The number of aryl methyl sites for hydroxylation is 1. The highest BCUT2D eigenvalue weighted by molar-refractivity contribution is 5.78. The van der Waals surface area contributed by atoms with Gasteiger partial charge in [0.25, 0.3) is 0 Å². The van der Waals surface area contributed by atoms with Crippen LogP contribution >= 0.6 is 0 Å². The maximum Gasteiger partial charge on any atom is 0.224 e. The molecule has 3 N–H and O–H groups in total. The van der Waals surface area contributed by atoms with E-state index < -0.39 is 0 Å². The van der Waals surface area contributed by atoms with Crippen molar-refractivity contribution in [2.75, 3.05) is 0 Å². The van der Waals surface area contributed by atoms with Crippen LogP contribution in [0.15, 0.2) is 12.4 Å². The second-order valence-corrected chi connectivity index (χ2v) is 6.40. The minimum absolute atomic E-state index is 0.113. The Morgan fingerprint density at radius 2 is 2.25 bits per heavy atom. The van der Waals surface area contributed by atoms with Crippen LogP contribution in [0, 0.1) is 5.41 Å². The lowest BCUT2D eigenvalue weighted by Crippen LogP contribution is -2.39. The van der Waals surface area contributed by atoms with E-state index in [-0.39, 0.29) is 5.91 Å². The van der Waals surface area contributed by atoms with E-state index in [0.29, 0.717) is 23.9 Å². The molecular weight excluding hydrogens is 252 g/mol. The van der Waals surface area contributed by atoms with Crippen molar-refractivity contribution >= 4 is 5.91 Å². The van der Waals surface area contributed by atoms with Gasteiger partial charge in [-0.15, -0.1) is 0 Å². The highest BCUT2D eigenvalue weighted by Gasteiger charge is 2.52. The summed E-state index contributed by atoms with van der Waals surface area (Å²) >= 11 is 0. The van der Waals surface area contributed by atoms with Crippen LogP contribution in [0.5, 0.6) is 0 Å². The van der Waals surface area contributed by atoms with Crippen LogP contribution in [0.4, 0.5) is 0 Å². The fourth-order valence-electron chi connectivity index (χ4n) is 3.43. The van der Waals surface area contributed by atoms with Gasteiger partial charge in [0.05, 0.1) is 12.6 Å². The fraction of sp³-hybridized carbons (Fsp3) is 0.733. The van der Waals surface area contributed by atoms with E-state index in [2.05, 4.69) is 10.4 Å². The molecule has 5 heteroatoms. The summed E-state index contributed by atoms with van der Waals surface area (Å²) < 4.78 is 1.85. The van der Waals surface area contributed by atoms with E-state index in [1.165, 1.54) is 19.3 Å². The van der Waals surface area contributed by atoms with E-state index in [1.54, 1.807) is 6.20 Å². The van der Waals surface area contributed by atoms with Crippen LogP contribution in [0.2, 0.25) is 0 Å². The van der Waals surface area contributed by atoms with E-state index in [9.17, 15) is 4.79 Å². The van der Waals surface area contributed by atoms with Crippen LogP contribution in [0.25, 0.3) is 0 Å². The van der Waals surface area contributed by atoms with Gasteiger partial charge in [-0.2, -0.15) is 5.10 Å². The highest BCUT2D eigenvalue weighted by Crippen LogP contribution is 2.54. The minimum Gasteiger partial charge on any atom is -0.353 e. The third-order valence-corrected chi connectivity index (χ3v) is 4.97. The molecule has 3 rings (SSSR count). The van der Waals surface area contributed by atoms with E-state index in [0.717, 1.165) is 24.9 Å². The second kappa shape index (κ2) is 5.20. The number of aromatic nitrogens is 2. The highest BCUT2D eigenvalue weighted by atomic mass is 16.1. The number of rotatable bonds is 4. The molecule has 1 heterocycles. The zero-order chi connectivity index (χ0) is 14.2. The van der Waals surface area contributed by atoms with Gasteiger partial charge in [-0.05, 0) is 50.0 Å². The molecule has 110 valence electrons. The summed E-state index contributed by atoms with van der Waals surface area (Å²) in [5.41, 5.74) is 7.42. The molecule has 2 fully saturated rings. The van der Waals surface area contributed by atoms with Crippen molar-refractivity contribution in [2.24, 2.45) is 11.1 Å². The first kappa shape index (κ1) is 13.6. The van der Waals surface area contributed by atoms with Gasteiger partial charge in [-0.1, -0.05) is 0 Å². The first-order valence-electron chi connectivity index (χ1n) is 7.67. The summed E-state index contributed by atoms with van der Waals surface area (Å²) in [7, 11) is 0. The fourth-order valence-corrected chi connectivity index (χ4v) is 3.43. The van der Waals surface area contributed by atoms with Crippen LogP contribution in [-0.2, 0) is 17.8 Å². The average Bonchev–Trinajstić information content (AvgIpc) is 2.86. The molecule has 1 unspecified atom stereocenters. The Labute approximate surface area is 119 Å². The summed E-state index contributed by atoms with van der Waals surface area (Å²) in [5, 5.41) is 7.35. The van der Waals surface area contributed by atoms with Crippen molar-refractivity contribution < 1.29 is 4.79 Å². The van der Waals surface area contributed by atoms with Crippen molar-refractivity contribution in [1.29, 1.82) is 0 Å². The lowest BCUT2D eigenvalue weighted by molar-refractivity contribution is -0.121. The molecule has 20 heavy (non-hydrogen) atoms. The van der Waals surface area contributed by atoms with Gasteiger partial charge in [0.2, 0.25) is 5.91 Å². The number of nitrogens with one attached hydrogen (secondary N) is 1. The van der Waals surface area contributed by atoms with Crippen molar-refractivity contribution in [3.05, 3.63) is 18.0 Å². The molecule has 0 saturated heterocycles. The average molecular weight is 276 g/mol. The third-order valence-electron chi connectivity index (χ3n) is 4.97. The summed E-state index contributed by atoms with van der Waals surface area (Å²) in [5.74, 6) is 0.113. The zero-order valence-corrected chi connectivity index (χ0v) is 12.1. The lowest BCUT2D eigenvalue weighted by Gasteiger charge is -2.29. The molecule has 2 aliphatic rings.